The number of hydrogen-bond donors (Lipinski definition) is 1. The molecule has 7 nitrogen and oxygen atoms in total. The summed E-state index contributed by atoms with van der Waals surface area (Å²) in [7, 11) is 0. The van der Waals surface area contributed by atoms with Crippen LogP contribution in [0, 0.1) is 5.92 Å². The van der Waals surface area contributed by atoms with E-state index in [0.29, 0.717) is 13.1 Å². The van der Waals surface area contributed by atoms with Gasteiger partial charge in [0.25, 0.3) is 0 Å². The van der Waals surface area contributed by atoms with Crippen LogP contribution in [-0.2, 0) is 11.3 Å². The molecule has 2 fully saturated rings. The number of carbonyl (C=O) groups is 2. The highest BCUT2D eigenvalue weighted by Gasteiger charge is 2.32. The molecule has 7 heteroatoms. The van der Waals surface area contributed by atoms with E-state index in [4.69, 9.17) is 5.73 Å². The maximum absolute atomic E-state index is 12.7. The number of hydrogen-bond acceptors (Lipinski definition) is 4. The number of piperidine rings is 1. The minimum atomic E-state index is -0.423. The van der Waals surface area contributed by atoms with Gasteiger partial charge in [-0.05, 0) is 25.0 Å². The highest BCUT2D eigenvalue weighted by Crippen LogP contribution is 2.20. The van der Waals surface area contributed by atoms with E-state index in [0.717, 1.165) is 51.3 Å². The van der Waals surface area contributed by atoms with Crippen LogP contribution < -0.4 is 5.73 Å². The summed E-state index contributed by atoms with van der Waals surface area (Å²) in [6, 6.07) is 5.51. The third kappa shape index (κ3) is 4.03. The second kappa shape index (κ2) is 7.61. The first-order valence-electron chi connectivity index (χ1n) is 8.59. The first kappa shape index (κ1) is 16.7. The lowest BCUT2D eigenvalue weighted by molar-refractivity contribution is -0.138. The quantitative estimate of drug-likeness (QED) is 0.875. The van der Waals surface area contributed by atoms with Crippen molar-refractivity contribution < 1.29 is 9.59 Å². The van der Waals surface area contributed by atoms with Gasteiger partial charge in [0.15, 0.2) is 0 Å². The zero-order valence-electron chi connectivity index (χ0n) is 13.9. The van der Waals surface area contributed by atoms with Crippen molar-refractivity contribution in [2.45, 2.75) is 19.4 Å². The topological polar surface area (TPSA) is 82.8 Å². The zero-order valence-corrected chi connectivity index (χ0v) is 13.9. The third-order valence-corrected chi connectivity index (χ3v) is 4.88. The Morgan fingerprint density at radius 3 is 2.58 bits per heavy atom. The lowest BCUT2D eigenvalue weighted by Crippen LogP contribution is -2.53. The standard InChI is InChI=1S/C17H25N5O2/c18-17(24)22-7-3-4-14(12-22)16(23)21-10-8-20(9-11-21)13-15-5-1-2-6-19-15/h1-2,5-6,14H,3-4,7-13H2,(H2,18,24)/t14-/m1/s1. The Balaban J connectivity index is 1.49. The lowest BCUT2D eigenvalue weighted by Gasteiger charge is -2.38. The van der Waals surface area contributed by atoms with E-state index in [1.165, 1.54) is 0 Å². The number of primary amides is 1. The van der Waals surface area contributed by atoms with Crippen LogP contribution in [0.25, 0.3) is 0 Å². The van der Waals surface area contributed by atoms with Crippen molar-refractivity contribution in [3.05, 3.63) is 30.1 Å². The van der Waals surface area contributed by atoms with Crippen LogP contribution in [0.4, 0.5) is 4.79 Å². The molecule has 0 spiro atoms. The summed E-state index contributed by atoms with van der Waals surface area (Å²) >= 11 is 0. The molecular weight excluding hydrogens is 306 g/mol. The lowest BCUT2D eigenvalue weighted by atomic mass is 9.96. The number of piperazine rings is 1. The minimum absolute atomic E-state index is 0.103. The second-order valence-electron chi connectivity index (χ2n) is 6.55. The fourth-order valence-corrected chi connectivity index (χ4v) is 3.48. The van der Waals surface area contributed by atoms with Gasteiger partial charge in [-0.1, -0.05) is 6.07 Å². The van der Waals surface area contributed by atoms with Crippen molar-refractivity contribution in [1.29, 1.82) is 0 Å². The third-order valence-electron chi connectivity index (χ3n) is 4.88. The second-order valence-corrected chi connectivity index (χ2v) is 6.55. The van der Waals surface area contributed by atoms with Crippen molar-refractivity contribution >= 4 is 11.9 Å². The monoisotopic (exact) mass is 331 g/mol. The van der Waals surface area contributed by atoms with Crippen molar-refractivity contribution in [2.75, 3.05) is 39.3 Å². The molecule has 0 aromatic carbocycles. The van der Waals surface area contributed by atoms with E-state index in [9.17, 15) is 9.59 Å². The number of carbonyl (C=O) groups excluding carboxylic acids is 2. The Kier molecular flexibility index (Phi) is 5.30. The van der Waals surface area contributed by atoms with Crippen LogP contribution in [0.15, 0.2) is 24.4 Å². The van der Waals surface area contributed by atoms with Crippen LogP contribution >= 0.6 is 0 Å². The zero-order chi connectivity index (χ0) is 16.9. The number of likely N-dealkylation sites (tertiary alicyclic amines) is 1. The molecule has 3 heterocycles. The van der Waals surface area contributed by atoms with Gasteiger partial charge in [-0.25, -0.2) is 4.79 Å². The van der Waals surface area contributed by atoms with Gasteiger partial charge >= 0.3 is 6.03 Å². The average molecular weight is 331 g/mol. The number of rotatable bonds is 3. The van der Waals surface area contributed by atoms with E-state index in [1.54, 1.807) is 4.90 Å². The normalized spacial score (nSPS) is 22.4. The van der Waals surface area contributed by atoms with Crippen molar-refractivity contribution in [2.24, 2.45) is 11.7 Å². The fourth-order valence-electron chi connectivity index (χ4n) is 3.48. The Labute approximate surface area is 142 Å². The number of pyridine rings is 1. The van der Waals surface area contributed by atoms with Crippen LogP contribution in [-0.4, -0.2) is 70.9 Å². The largest absolute Gasteiger partial charge is 0.351 e. The molecule has 24 heavy (non-hydrogen) atoms. The molecule has 0 unspecified atom stereocenters. The van der Waals surface area contributed by atoms with Gasteiger partial charge in [-0.15, -0.1) is 0 Å². The molecule has 3 rings (SSSR count). The maximum atomic E-state index is 12.7. The smallest absolute Gasteiger partial charge is 0.314 e. The number of nitrogens with two attached hydrogens (primary N) is 1. The van der Waals surface area contributed by atoms with Gasteiger partial charge in [0.05, 0.1) is 11.6 Å². The summed E-state index contributed by atoms with van der Waals surface area (Å²) in [4.78, 5) is 34.2. The van der Waals surface area contributed by atoms with Gasteiger partial charge in [-0.2, -0.15) is 0 Å². The molecule has 0 saturated carbocycles. The number of nitrogens with zero attached hydrogens (tertiary/aromatic N) is 4. The van der Waals surface area contributed by atoms with Crippen molar-refractivity contribution in [1.82, 2.24) is 19.7 Å². The minimum Gasteiger partial charge on any atom is -0.351 e. The van der Waals surface area contributed by atoms with Gasteiger partial charge in [0.1, 0.15) is 0 Å². The predicted molar refractivity (Wildman–Crippen MR) is 90.0 cm³/mol. The number of urea groups is 1. The molecule has 2 aliphatic heterocycles. The van der Waals surface area contributed by atoms with Gasteiger partial charge in [0, 0.05) is 52.0 Å². The molecule has 2 aliphatic rings. The van der Waals surface area contributed by atoms with Gasteiger partial charge in [0.2, 0.25) is 5.91 Å². The summed E-state index contributed by atoms with van der Waals surface area (Å²) in [6.45, 7) is 5.13. The summed E-state index contributed by atoms with van der Waals surface area (Å²) < 4.78 is 0. The molecule has 0 aliphatic carbocycles. The molecule has 1 aromatic heterocycles. The molecule has 3 amide bonds. The van der Waals surface area contributed by atoms with E-state index in [1.807, 2.05) is 29.3 Å². The summed E-state index contributed by atoms with van der Waals surface area (Å²) in [6.07, 6.45) is 3.50. The molecular formula is C17H25N5O2. The molecule has 1 aromatic rings. The van der Waals surface area contributed by atoms with E-state index in [2.05, 4.69) is 9.88 Å². The average Bonchev–Trinajstić information content (AvgIpc) is 2.63. The van der Waals surface area contributed by atoms with E-state index in [-0.39, 0.29) is 11.8 Å². The highest BCUT2D eigenvalue weighted by molar-refractivity contribution is 5.80. The molecule has 130 valence electrons. The Bertz CT molecular complexity index is 572. The number of amides is 3. The van der Waals surface area contributed by atoms with Gasteiger partial charge < -0.3 is 15.5 Å². The van der Waals surface area contributed by atoms with Crippen LogP contribution in [0.3, 0.4) is 0 Å². The predicted octanol–water partition coefficient (Wildman–Crippen LogP) is 0.517. The molecule has 2 N–H and O–H groups in total. The fraction of sp³-hybridized carbons (Fsp3) is 0.588. The van der Waals surface area contributed by atoms with Gasteiger partial charge in [-0.3, -0.25) is 14.7 Å². The summed E-state index contributed by atoms with van der Waals surface area (Å²) in [5.41, 5.74) is 6.41. The Morgan fingerprint density at radius 2 is 1.92 bits per heavy atom. The van der Waals surface area contributed by atoms with Crippen molar-refractivity contribution in [3.63, 3.8) is 0 Å². The van der Waals surface area contributed by atoms with Crippen molar-refractivity contribution in [3.8, 4) is 0 Å². The number of aromatic nitrogens is 1. The Hall–Kier alpha value is -2.15. The molecule has 0 radical (unpaired) electrons. The summed E-state index contributed by atoms with van der Waals surface area (Å²) in [5, 5.41) is 0. The molecule has 1 atom stereocenters. The van der Waals surface area contributed by atoms with Crippen LogP contribution in [0.2, 0.25) is 0 Å². The molecule has 0 bridgehead atoms. The van der Waals surface area contributed by atoms with E-state index >= 15 is 0 Å². The van der Waals surface area contributed by atoms with Crippen LogP contribution in [0.1, 0.15) is 18.5 Å². The van der Waals surface area contributed by atoms with Crippen LogP contribution in [0.5, 0.6) is 0 Å². The Morgan fingerprint density at radius 1 is 1.12 bits per heavy atom. The maximum Gasteiger partial charge on any atom is 0.314 e. The first-order chi connectivity index (χ1) is 11.6. The summed E-state index contributed by atoms with van der Waals surface area (Å²) in [5.74, 6) is 0.0621. The highest BCUT2D eigenvalue weighted by atomic mass is 16.2. The molecule has 2 saturated heterocycles. The first-order valence-corrected chi connectivity index (χ1v) is 8.59. The van der Waals surface area contributed by atoms with E-state index < -0.39 is 6.03 Å². The SMILES string of the molecule is NC(=O)N1CCC[C@@H](C(=O)N2CCN(Cc3ccccn3)CC2)C1.